The molecule has 0 amide bonds. The first-order valence-electron chi connectivity index (χ1n) is 22.1. The average molecular weight is 813 g/mol. The molecule has 0 saturated carbocycles. The summed E-state index contributed by atoms with van der Waals surface area (Å²) in [6, 6.07) is 75.3. The second-order valence-corrected chi connectivity index (χ2v) is 17.3. The molecule has 0 saturated heterocycles. The van der Waals surface area contributed by atoms with Crippen LogP contribution < -0.4 is 42.6 Å². The van der Waals surface area contributed by atoms with Gasteiger partial charge in [-0.2, -0.15) is 0 Å². The van der Waals surface area contributed by atoms with E-state index < -0.39 is 0 Å². The minimum atomic E-state index is -0.0422. The van der Waals surface area contributed by atoms with E-state index in [1.807, 2.05) is 0 Å². The highest BCUT2D eigenvalue weighted by atomic mass is 15.2. The van der Waals surface area contributed by atoms with Crippen LogP contribution in [0.4, 0.5) is 34.1 Å². The summed E-state index contributed by atoms with van der Waals surface area (Å²) in [5, 5.41) is 0. The van der Waals surface area contributed by atoms with Crippen LogP contribution in [0.5, 0.6) is 0 Å². The zero-order valence-electron chi connectivity index (χ0n) is 34.5. The van der Waals surface area contributed by atoms with Gasteiger partial charge in [-0.3, -0.25) is 9.13 Å². The van der Waals surface area contributed by atoms with E-state index in [4.69, 9.17) is 9.97 Å². The quantitative estimate of drug-likeness (QED) is 0.167. The second-order valence-electron chi connectivity index (χ2n) is 17.3. The highest BCUT2D eigenvalue weighted by Gasteiger charge is 2.47. The Morgan fingerprint density at radius 1 is 0.312 bits per heavy atom. The van der Waals surface area contributed by atoms with E-state index in [2.05, 4.69) is 225 Å². The van der Waals surface area contributed by atoms with Crippen molar-refractivity contribution in [1.29, 1.82) is 0 Å². The summed E-state index contributed by atoms with van der Waals surface area (Å²) >= 11 is 0. The molecule has 0 N–H and O–H groups in total. The minimum Gasteiger partial charge on any atom is -0.311 e. The van der Waals surface area contributed by atoms with Crippen molar-refractivity contribution >= 4 is 102 Å². The molecule has 0 fully saturated rings. The molecule has 0 atom stereocenters. The van der Waals surface area contributed by atoms with Gasteiger partial charge in [0, 0.05) is 56.6 Å². The minimum absolute atomic E-state index is 0.0422. The number of rotatable bonds is 4. The van der Waals surface area contributed by atoms with Crippen molar-refractivity contribution in [3.63, 3.8) is 0 Å². The van der Waals surface area contributed by atoms with Crippen molar-refractivity contribution in [2.75, 3.05) is 9.80 Å². The second kappa shape index (κ2) is 12.6. The third kappa shape index (κ3) is 4.41. The molecule has 15 rings (SSSR count). The maximum absolute atomic E-state index is 5.39. The van der Waals surface area contributed by atoms with E-state index in [-0.39, 0.29) is 13.4 Å². The Morgan fingerprint density at radius 3 is 1.14 bits per heavy atom. The highest BCUT2D eigenvalue weighted by molar-refractivity contribution is 7.03. The lowest BCUT2D eigenvalue weighted by Crippen LogP contribution is -2.64. The number of imidazole rings is 2. The van der Waals surface area contributed by atoms with Gasteiger partial charge < -0.3 is 9.80 Å². The topological polar surface area (TPSA) is 42.1 Å². The van der Waals surface area contributed by atoms with Crippen LogP contribution in [0.1, 0.15) is 0 Å². The van der Waals surface area contributed by atoms with Crippen LogP contribution in [-0.2, 0) is 0 Å². The summed E-state index contributed by atoms with van der Waals surface area (Å²) in [6.07, 6.45) is 0. The third-order valence-electron chi connectivity index (χ3n) is 14.1. The average Bonchev–Trinajstić information content (AvgIpc) is 3.96. The standard InChI is InChI=1S/C56H34B2N6/c1-5-17-35(18-6-1)55-59-43-27-13-25-39-53(43)63(55)47-31-15-29-45-51(47)57(39)41-33-42-50(34-49(41)61(45)37-21-9-3-10-22-37)62(38-23-11-4-12-24-38)46-30-16-32-48-52(46)58(42)40-26-14-28-44-54(40)64(48)56(60-44)36-19-7-2-8-20-36/h1-34H. The van der Waals surface area contributed by atoms with E-state index in [0.29, 0.717) is 0 Å². The van der Waals surface area contributed by atoms with Crippen molar-refractivity contribution in [3.05, 3.63) is 206 Å². The fourth-order valence-corrected chi connectivity index (χ4v) is 11.6. The lowest BCUT2D eigenvalue weighted by atomic mass is 9.30. The Balaban J connectivity index is 1.07. The summed E-state index contributed by atoms with van der Waals surface area (Å²) < 4.78 is 4.85. The molecule has 2 aromatic heterocycles. The molecule has 11 aromatic rings. The molecule has 64 heavy (non-hydrogen) atoms. The molecule has 4 aliphatic rings. The molecule has 4 aliphatic heterocycles. The molecule has 0 aliphatic carbocycles. The lowest BCUT2D eigenvalue weighted by Gasteiger charge is -2.44. The van der Waals surface area contributed by atoms with Gasteiger partial charge in [0.1, 0.15) is 11.6 Å². The van der Waals surface area contributed by atoms with Gasteiger partial charge in [-0.15, -0.1) is 0 Å². The monoisotopic (exact) mass is 812 g/mol. The largest absolute Gasteiger partial charge is 0.311 e. The highest BCUT2D eigenvalue weighted by Crippen LogP contribution is 2.45. The maximum Gasteiger partial charge on any atom is 0.252 e. The van der Waals surface area contributed by atoms with Gasteiger partial charge in [-0.25, -0.2) is 9.97 Å². The first kappa shape index (κ1) is 34.3. The zero-order valence-corrected chi connectivity index (χ0v) is 34.5. The number of para-hydroxylation sites is 4. The van der Waals surface area contributed by atoms with Crippen LogP contribution in [0.2, 0.25) is 0 Å². The normalized spacial score (nSPS) is 13.5. The SMILES string of the molecule is c1ccc(-c2nc3cccc4c3n2-c2cccc3c2B4c2cc4c(cc2N3c2ccccc2)N(c2ccccc2)c2cccc3c2B4c2cccc4nc(-c5ccccc5)n-3c24)cc1. The summed E-state index contributed by atoms with van der Waals surface area (Å²) in [7, 11) is 0. The van der Waals surface area contributed by atoms with Crippen molar-refractivity contribution in [2.45, 2.75) is 0 Å². The molecular formula is C56H34B2N6. The van der Waals surface area contributed by atoms with Crippen LogP contribution in [0.3, 0.4) is 0 Å². The number of hydrogen-bond acceptors (Lipinski definition) is 4. The Morgan fingerprint density at radius 2 is 0.703 bits per heavy atom. The molecule has 0 bridgehead atoms. The lowest BCUT2D eigenvalue weighted by molar-refractivity contribution is 1.10. The van der Waals surface area contributed by atoms with Gasteiger partial charge >= 0.3 is 0 Å². The zero-order chi connectivity index (χ0) is 41.6. The molecule has 6 heterocycles. The van der Waals surface area contributed by atoms with Gasteiger partial charge in [0.25, 0.3) is 13.4 Å². The number of fused-ring (bicyclic) bond motifs is 8. The summed E-state index contributed by atoms with van der Waals surface area (Å²) in [6.45, 7) is -0.0845. The van der Waals surface area contributed by atoms with Gasteiger partial charge in [-0.05, 0) is 99.5 Å². The first-order valence-corrected chi connectivity index (χ1v) is 22.1. The van der Waals surface area contributed by atoms with Crippen molar-refractivity contribution < 1.29 is 0 Å². The number of aromatic nitrogens is 4. The van der Waals surface area contributed by atoms with Crippen LogP contribution in [-0.4, -0.2) is 32.5 Å². The Kier molecular flexibility index (Phi) is 6.76. The fourth-order valence-electron chi connectivity index (χ4n) is 11.6. The van der Waals surface area contributed by atoms with Gasteiger partial charge in [0.15, 0.2) is 0 Å². The Hall–Kier alpha value is -8.35. The van der Waals surface area contributed by atoms with Crippen LogP contribution in [0.15, 0.2) is 206 Å². The molecule has 0 unspecified atom stereocenters. The summed E-state index contributed by atoms with van der Waals surface area (Å²) in [5.41, 5.74) is 23.6. The molecule has 0 radical (unpaired) electrons. The number of benzene rings is 9. The van der Waals surface area contributed by atoms with Gasteiger partial charge in [0.05, 0.1) is 22.1 Å². The van der Waals surface area contributed by atoms with E-state index in [1.165, 1.54) is 77.9 Å². The fraction of sp³-hybridized carbons (Fsp3) is 0. The first-order chi connectivity index (χ1) is 31.8. The number of nitrogens with zero attached hydrogens (tertiary/aromatic N) is 6. The van der Waals surface area contributed by atoms with Crippen molar-refractivity contribution in [1.82, 2.24) is 19.1 Å². The molecule has 6 nitrogen and oxygen atoms in total. The Bertz CT molecular complexity index is 3510. The predicted molar refractivity (Wildman–Crippen MR) is 265 cm³/mol. The molecule has 9 aromatic carbocycles. The van der Waals surface area contributed by atoms with Crippen molar-refractivity contribution in [3.8, 4) is 34.2 Å². The number of anilines is 6. The van der Waals surface area contributed by atoms with E-state index >= 15 is 0 Å². The summed E-state index contributed by atoms with van der Waals surface area (Å²) in [4.78, 5) is 15.8. The maximum atomic E-state index is 5.39. The smallest absolute Gasteiger partial charge is 0.252 e. The molecule has 0 spiro atoms. The van der Waals surface area contributed by atoms with Crippen LogP contribution in [0, 0.1) is 0 Å². The van der Waals surface area contributed by atoms with E-state index in [0.717, 1.165) is 45.2 Å². The van der Waals surface area contributed by atoms with Crippen LogP contribution >= 0.6 is 0 Å². The van der Waals surface area contributed by atoms with E-state index in [1.54, 1.807) is 0 Å². The van der Waals surface area contributed by atoms with E-state index in [9.17, 15) is 0 Å². The molecule has 294 valence electrons. The number of hydrogen-bond donors (Lipinski definition) is 0. The van der Waals surface area contributed by atoms with Crippen molar-refractivity contribution in [2.24, 2.45) is 0 Å². The van der Waals surface area contributed by atoms with Gasteiger partial charge in [0.2, 0.25) is 0 Å². The summed E-state index contributed by atoms with van der Waals surface area (Å²) in [5.74, 6) is 1.92. The third-order valence-corrected chi connectivity index (χ3v) is 14.1. The molecule has 8 heteroatoms. The van der Waals surface area contributed by atoms with Crippen LogP contribution in [0.25, 0.3) is 56.2 Å². The Labute approximate surface area is 370 Å². The molecular weight excluding hydrogens is 778 g/mol. The predicted octanol–water partition coefficient (Wildman–Crippen LogP) is 8.92. The van der Waals surface area contributed by atoms with Gasteiger partial charge in [-0.1, -0.05) is 140 Å².